The fourth-order valence-corrected chi connectivity index (χ4v) is 5.13. The van der Waals surface area contributed by atoms with Gasteiger partial charge in [-0.25, -0.2) is 19.4 Å². The van der Waals surface area contributed by atoms with Crippen molar-refractivity contribution in [2.45, 2.75) is 78.7 Å². The molecule has 0 bridgehead atoms. The van der Waals surface area contributed by atoms with Crippen LogP contribution in [0.15, 0.2) is 28.7 Å². The molecule has 0 radical (unpaired) electrons. The van der Waals surface area contributed by atoms with E-state index in [1.165, 1.54) is 5.38 Å². The third-order valence-corrected chi connectivity index (χ3v) is 7.29. The number of hydrogen-bond donors (Lipinski definition) is 5. The number of aliphatic carboxylic acids is 1. The van der Waals surface area contributed by atoms with Crippen molar-refractivity contribution in [3.05, 3.63) is 40.4 Å². The zero-order valence-electron chi connectivity index (χ0n) is 29.0. The van der Waals surface area contributed by atoms with Gasteiger partial charge in [-0.15, -0.1) is 11.3 Å². The second-order valence-electron chi connectivity index (χ2n) is 13.2. The number of nitrogens with zero attached hydrogens (tertiary/aromatic N) is 4. The van der Waals surface area contributed by atoms with Gasteiger partial charge in [-0.05, 0) is 77.6 Å². The van der Waals surface area contributed by atoms with Crippen LogP contribution < -0.4 is 21.1 Å². The number of guanidine groups is 1. The van der Waals surface area contributed by atoms with Gasteiger partial charge in [0.1, 0.15) is 29.3 Å². The molecule has 1 aliphatic heterocycles. The highest BCUT2D eigenvalue weighted by Crippen LogP contribution is 2.27. The fraction of sp³-hybridized carbons (Fsp3) is 0.562. The van der Waals surface area contributed by atoms with E-state index in [-0.39, 0.29) is 29.8 Å². The first-order valence-electron chi connectivity index (χ1n) is 15.9. The predicted octanol–water partition coefficient (Wildman–Crippen LogP) is 3.99. The minimum absolute atomic E-state index is 0.00475. The number of thiazole rings is 1. The summed E-state index contributed by atoms with van der Waals surface area (Å²) < 4.78 is 16.4. The summed E-state index contributed by atoms with van der Waals surface area (Å²) in [5.41, 5.74) is 6.24. The first-order chi connectivity index (χ1) is 23.0. The molecule has 49 heavy (non-hydrogen) atoms. The smallest absolute Gasteiger partial charge is 0.407 e. The Balaban J connectivity index is 1.53. The molecular weight excluding hydrogens is 656 g/mol. The minimum Gasteiger partial charge on any atom is -0.490 e. The number of carboxylic acid groups (broad SMARTS) is 1. The molecule has 0 saturated heterocycles. The molecule has 2 aromatic rings. The number of nitrogens with two attached hydrogens (primary N) is 1. The first-order valence-corrected chi connectivity index (χ1v) is 16.8. The SMILES string of the molecule is CC(C)(C)OC(=O)NCCCN(CCCNC(=O)OC(C)(C)C)C(=N)N1Cc2ccc(OCCO/N=C(\C(=O)O)c3csc(N)n3)cc2C1. The zero-order valence-corrected chi connectivity index (χ0v) is 29.8. The molecule has 0 saturated carbocycles. The lowest BCUT2D eigenvalue weighted by atomic mass is 10.1. The lowest BCUT2D eigenvalue weighted by molar-refractivity contribution is -0.129. The topological polar surface area (TPSA) is 214 Å². The van der Waals surface area contributed by atoms with Gasteiger partial charge in [0, 0.05) is 44.6 Å². The molecule has 270 valence electrons. The average Bonchev–Trinajstić information content (AvgIpc) is 3.61. The number of carboxylic acids is 1. The molecule has 6 N–H and O–H groups in total. The number of benzene rings is 1. The van der Waals surface area contributed by atoms with Crippen molar-refractivity contribution in [3.63, 3.8) is 0 Å². The van der Waals surface area contributed by atoms with Gasteiger partial charge in [0.05, 0.1) is 0 Å². The van der Waals surface area contributed by atoms with Crippen LogP contribution in [-0.4, -0.2) is 100 Å². The monoisotopic (exact) mass is 704 g/mol. The minimum atomic E-state index is -1.28. The fourth-order valence-electron chi connectivity index (χ4n) is 4.58. The molecule has 1 aromatic carbocycles. The lowest BCUT2D eigenvalue weighted by Crippen LogP contribution is -2.44. The van der Waals surface area contributed by atoms with Crippen molar-refractivity contribution >= 4 is 46.3 Å². The van der Waals surface area contributed by atoms with Gasteiger partial charge in [0.25, 0.3) is 0 Å². The van der Waals surface area contributed by atoms with Gasteiger partial charge >= 0.3 is 18.2 Å². The van der Waals surface area contributed by atoms with Crippen molar-refractivity contribution < 1.29 is 38.5 Å². The van der Waals surface area contributed by atoms with E-state index < -0.39 is 29.4 Å². The highest BCUT2D eigenvalue weighted by Gasteiger charge is 2.25. The van der Waals surface area contributed by atoms with Crippen molar-refractivity contribution in [3.8, 4) is 5.75 Å². The highest BCUT2D eigenvalue weighted by atomic mass is 32.1. The number of ether oxygens (including phenoxy) is 3. The Morgan fingerprint density at radius 3 is 2.12 bits per heavy atom. The summed E-state index contributed by atoms with van der Waals surface area (Å²) in [5.74, 6) is -0.354. The highest BCUT2D eigenvalue weighted by molar-refractivity contribution is 7.13. The molecule has 17 heteroatoms. The van der Waals surface area contributed by atoms with Crippen LogP contribution in [0.2, 0.25) is 0 Å². The molecule has 0 atom stereocenters. The quantitative estimate of drug-likeness (QED) is 0.0770. The summed E-state index contributed by atoms with van der Waals surface area (Å²) in [6.07, 6.45) is 0.179. The Kier molecular flexibility index (Phi) is 13.8. The predicted molar refractivity (Wildman–Crippen MR) is 185 cm³/mol. The van der Waals surface area contributed by atoms with E-state index >= 15 is 0 Å². The van der Waals surface area contributed by atoms with Crippen LogP contribution in [0.5, 0.6) is 5.75 Å². The zero-order chi connectivity index (χ0) is 36.2. The normalized spacial score (nSPS) is 12.9. The van der Waals surface area contributed by atoms with Gasteiger partial charge < -0.3 is 50.3 Å². The summed E-state index contributed by atoms with van der Waals surface area (Å²) in [6.45, 7) is 13.7. The van der Waals surface area contributed by atoms with E-state index in [9.17, 15) is 19.5 Å². The number of rotatable bonds is 15. The summed E-state index contributed by atoms with van der Waals surface area (Å²) in [7, 11) is 0. The Labute approximate surface area is 290 Å². The Bertz CT molecular complexity index is 1450. The van der Waals surface area contributed by atoms with E-state index in [2.05, 4.69) is 20.8 Å². The Hall–Kier alpha value is -4.80. The summed E-state index contributed by atoms with van der Waals surface area (Å²) in [5, 5.41) is 29.4. The van der Waals surface area contributed by atoms with Crippen molar-refractivity contribution in [2.75, 3.05) is 45.1 Å². The van der Waals surface area contributed by atoms with E-state index in [4.69, 9.17) is 30.2 Å². The summed E-state index contributed by atoms with van der Waals surface area (Å²) >= 11 is 1.10. The molecule has 2 amide bonds. The van der Waals surface area contributed by atoms with E-state index in [1.807, 2.05) is 28.0 Å². The third-order valence-electron chi connectivity index (χ3n) is 6.61. The van der Waals surface area contributed by atoms with Crippen molar-refractivity contribution in [2.24, 2.45) is 5.16 Å². The van der Waals surface area contributed by atoms with Gasteiger partial charge in [0.15, 0.2) is 17.7 Å². The largest absolute Gasteiger partial charge is 0.490 e. The number of fused-ring (bicyclic) bond motifs is 1. The van der Waals surface area contributed by atoms with Crippen molar-refractivity contribution in [1.82, 2.24) is 25.4 Å². The summed E-state index contributed by atoms with van der Waals surface area (Å²) in [4.78, 5) is 48.6. The maximum absolute atomic E-state index is 12.1. The molecule has 0 unspecified atom stereocenters. The number of nitrogen functional groups attached to an aromatic ring is 1. The molecule has 1 aromatic heterocycles. The number of carbonyl (C=O) groups is 3. The molecule has 0 spiro atoms. The van der Waals surface area contributed by atoms with Crippen LogP contribution >= 0.6 is 11.3 Å². The van der Waals surface area contributed by atoms with Crippen LogP contribution in [0.4, 0.5) is 14.7 Å². The lowest BCUT2D eigenvalue weighted by Gasteiger charge is -2.31. The van der Waals surface area contributed by atoms with E-state index in [0.29, 0.717) is 63.8 Å². The average molecular weight is 705 g/mol. The summed E-state index contributed by atoms with van der Waals surface area (Å²) in [6, 6.07) is 5.69. The van der Waals surface area contributed by atoms with Gasteiger partial charge in [-0.2, -0.15) is 0 Å². The molecule has 2 heterocycles. The van der Waals surface area contributed by atoms with Gasteiger partial charge in [-0.1, -0.05) is 11.2 Å². The molecule has 3 rings (SSSR count). The number of anilines is 1. The number of hydrogen-bond acceptors (Lipinski definition) is 12. The molecular formula is C32H48N8O8S. The first kappa shape index (κ1) is 38.6. The number of amides is 2. The number of alkyl carbamates (subject to hydrolysis) is 2. The number of oxime groups is 1. The standard InChI is InChI=1S/C32H48N8O8S/c1-31(2,3)47-29(43)35-11-7-13-39(14-8-12-36-30(44)48-32(4,5)6)28(34)40-18-21-9-10-23(17-22(21)19-40)45-15-16-46-38-25(26(41)42)24-20-49-27(33)37-24/h9-10,17,20,34H,7-8,11-16,18-19H2,1-6H3,(H2,33,37)(H,35,43)(H,36,44)(H,41,42)/b34-28?,38-25-. The van der Waals surface area contributed by atoms with E-state index in [0.717, 1.165) is 22.5 Å². The van der Waals surface area contributed by atoms with Crippen LogP contribution in [0.25, 0.3) is 0 Å². The Morgan fingerprint density at radius 1 is 1.00 bits per heavy atom. The van der Waals surface area contributed by atoms with Crippen LogP contribution in [-0.2, 0) is 32.2 Å². The second-order valence-corrected chi connectivity index (χ2v) is 14.0. The third kappa shape index (κ3) is 13.7. The van der Waals surface area contributed by atoms with Gasteiger partial charge in [0.2, 0.25) is 5.71 Å². The number of carbonyl (C=O) groups excluding carboxylic acids is 2. The number of nitrogens with one attached hydrogen (secondary N) is 3. The second kappa shape index (κ2) is 17.6. The van der Waals surface area contributed by atoms with E-state index in [1.54, 1.807) is 41.5 Å². The van der Waals surface area contributed by atoms with Crippen LogP contribution in [0.3, 0.4) is 0 Å². The van der Waals surface area contributed by atoms with Crippen LogP contribution in [0.1, 0.15) is 71.2 Å². The maximum Gasteiger partial charge on any atom is 0.407 e. The molecule has 0 fully saturated rings. The maximum atomic E-state index is 12.1. The van der Waals surface area contributed by atoms with Crippen molar-refractivity contribution in [1.29, 1.82) is 5.41 Å². The molecule has 16 nitrogen and oxygen atoms in total. The molecule has 1 aliphatic rings. The number of aromatic nitrogens is 1. The van der Waals surface area contributed by atoms with Crippen LogP contribution in [0, 0.1) is 5.41 Å². The Morgan fingerprint density at radius 2 is 1.59 bits per heavy atom. The van der Waals surface area contributed by atoms with Gasteiger partial charge in [-0.3, -0.25) is 5.41 Å². The molecule has 0 aliphatic carbocycles.